The first-order valence-electron chi connectivity index (χ1n) is 5.55. The Hall–Kier alpha value is -0.870. The molecule has 0 aromatic carbocycles. The van der Waals surface area contributed by atoms with Gasteiger partial charge in [0.15, 0.2) is 5.89 Å². The maximum atomic E-state index is 5.58. The Labute approximate surface area is 89.8 Å². The molecule has 0 radical (unpaired) electrons. The summed E-state index contributed by atoms with van der Waals surface area (Å²) in [5.41, 5.74) is 6.59. The van der Waals surface area contributed by atoms with Gasteiger partial charge in [0.25, 0.3) is 0 Å². The molecule has 2 heterocycles. The van der Waals surface area contributed by atoms with Crippen molar-refractivity contribution in [3.63, 3.8) is 0 Å². The van der Waals surface area contributed by atoms with E-state index < -0.39 is 0 Å². The summed E-state index contributed by atoms with van der Waals surface area (Å²) in [6.07, 6.45) is 2.83. The van der Waals surface area contributed by atoms with Gasteiger partial charge in [-0.2, -0.15) is 0 Å². The predicted molar refractivity (Wildman–Crippen MR) is 56.8 cm³/mol. The molecule has 1 fully saturated rings. The average Bonchev–Trinajstić information content (AvgIpc) is 2.61. The zero-order valence-corrected chi connectivity index (χ0v) is 9.16. The minimum Gasteiger partial charge on any atom is -0.446 e. The molecule has 0 bridgehead atoms. The van der Waals surface area contributed by atoms with Gasteiger partial charge in [-0.05, 0) is 19.8 Å². The van der Waals surface area contributed by atoms with Crippen molar-refractivity contribution in [1.82, 2.24) is 4.98 Å². The molecule has 1 aliphatic heterocycles. The van der Waals surface area contributed by atoms with Gasteiger partial charge in [-0.1, -0.05) is 0 Å². The van der Waals surface area contributed by atoms with E-state index in [9.17, 15) is 0 Å². The fourth-order valence-electron chi connectivity index (χ4n) is 2.05. The van der Waals surface area contributed by atoms with Crippen LogP contribution in [0.5, 0.6) is 0 Å². The summed E-state index contributed by atoms with van der Waals surface area (Å²) in [6, 6.07) is 0. The Bertz CT molecular complexity index is 316. The topological polar surface area (TPSA) is 61.3 Å². The molecule has 1 aromatic rings. The Morgan fingerprint density at radius 3 is 2.80 bits per heavy atom. The Balaban J connectivity index is 2.11. The first kappa shape index (κ1) is 10.6. The van der Waals surface area contributed by atoms with Crippen LogP contribution in [0.2, 0.25) is 0 Å². The molecule has 0 unspecified atom stereocenters. The van der Waals surface area contributed by atoms with Gasteiger partial charge < -0.3 is 14.9 Å². The lowest BCUT2D eigenvalue weighted by molar-refractivity contribution is 0.0843. The van der Waals surface area contributed by atoms with Crippen molar-refractivity contribution >= 4 is 0 Å². The van der Waals surface area contributed by atoms with Crippen molar-refractivity contribution in [2.24, 2.45) is 5.73 Å². The molecule has 84 valence electrons. The van der Waals surface area contributed by atoms with Crippen molar-refractivity contribution in [2.45, 2.75) is 32.1 Å². The SMILES string of the molecule is Cc1oc(CCN)nc1C1CCOCC1. The summed E-state index contributed by atoms with van der Waals surface area (Å²) < 4.78 is 10.9. The molecular formula is C11H18N2O2. The van der Waals surface area contributed by atoms with E-state index in [-0.39, 0.29) is 0 Å². The standard InChI is InChI=1S/C11H18N2O2/c1-8-11(9-3-6-14-7-4-9)13-10(15-8)2-5-12/h9H,2-7,12H2,1H3. The normalized spacial score (nSPS) is 18.3. The van der Waals surface area contributed by atoms with Crippen molar-refractivity contribution < 1.29 is 9.15 Å². The third-order valence-corrected chi connectivity index (χ3v) is 2.84. The van der Waals surface area contributed by atoms with Gasteiger partial charge >= 0.3 is 0 Å². The summed E-state index contributed by atoms with van der Waals surface area (Å²) in [5.74, 6) is 2.23. The van der Waals surface area contributed by atoms with E-state index in [1.807, 2.05) is 6.92 Å². The van der Waals surface area contributed by atoms with Gasteiger partial charge in [0.1, 0.15) is 5.76 Å². The molecule has 4 heteroatoms. The largest absolute Gasteiger partial charge is 0.446 e. The van der Waals surface area contributed by atoms with Crippen LogP contribution in [-0.4, -0.2) is 24.7 Å². The second kappa shape index (κ2) is 4.77. The number of aryl methyl sites for hydroxylation is 1. The van der Waals surface area contributed by atoms with Gasteiger partial charge in [0.05, 0.1) is 5.69 Å². The monoisotopic (exact) mass is 210 g/mol. The van der Waals surface area contributed by atoms with Crippen LogP contribution in [0.25, 0.3) is 0 Å². The van der Waals surface area contributed by atoms with Crippen LogP contribution in [-0.2, 0) is 11.2 Å². The third kappa shape index (κ3) is 2.38. The van der Waals surface area contributed by atoms with Gasteiger partial charge in [-0.15, -0.1) is 0 Å². The van der Waals surface area contributed by atoms with Crippen LogP contribution in [0.15, 0.2) is 4.42 Å². The highest BCUT2D eigenvalue weighted by Gasteiger charge is 2.22. The molecule has 0 amide bonds. The number of hydrogen-bond donors (Lipinski definition) is 1. The van der Waals surface area contributed by atoms with E-state index in [1.54, 1.807) is 0 Å². The number of nitrogens with zero attached hydrogens (tertiary/aromatic N) is 1. The molecule has 0 spiro atoms. The van der Waals surface area contributed by atoms with Gasteiger partial charge in [-0.3, -0.25) is 0 Å². The lowest BCUT2D eigenvalue weighted by atomic mass is 9.96. The van der Waals surface area contributed by atoms with Crippen LogP contribution in [0.3, 0.4) is 0 Å². The number of nitrogens with two attached hydrogens (primary N) is 1. The van der Waals surface area contributed by atoms with E-state index in [4.69, 9.17) is 14.9 Å². The quantitative estimate of drug-likeness (QED) is 0.818. The molecule has 0 atom stereocenters. The summed E-state index contributed by atoms with van der Waals surface area (Å²) in [6.45, 7) is 4.25. The first-order chi connectivity index (χ1) is 7.31. The van der Waals surface area contributed by atoms with Crippen LogP contribution < -0.4 is 5.73 Å². The molecule has 2 rings (SSSR count). The molecule has 1 saturated heterocycles. The van der Waals surface area contributed by atoms with Gasteiger partial charge in [0.2, 0.25) is 0 Å². The zero-order chi connectivity index (χ0) is 10.7. The summed E-state index contributed by atoms with van der Waals surface area (Å²) in [4.78, 5) is 4.52. The van der Waals surface area contributed by atoms with Crippen molar-refractivity contribution in [3.05, 3.63) is 17.3 Å². The second-order valence-electron chi connectivity index (χ2n) is 3.97. The summed E-state index contributed by atoms with van der Waals surface area (Å²) >= 11 is 0. The number of oxazole rings is 1. The molecule has 2 N–H and O–H groups in total. The van der Waals surface area contributed by atoms with Crippen molar-refractivity contribution in [3.8, 4) is 0 Å². The Kier molecular flexibility index (Phi) is 3.38. The molecular weight excluding hydrogens is 192 g/mol. The average molecular weight is 210 g/mol. The molecule has 0 aliphatic carbocycles. The van der Waals surface area contributed by atoms with Crippen LogP contribution >= 0.6 is 0 Å². The number of hydrogen-bond acceptors (Lipinski definition) is 4. The minimum absolute atomic E-state index is 0.508. The highest BCUT2D eigenvalue weighted by atomic mass is 16.5. The van der Waals surface area contributed by atoms with Gasteiger partial charge in [-0.25, -0.2) is 4.98 Å². The maximum Gasteiger partial charge on any atom is 0.195 e. The van der Waals surface area contributed by atoms with E-state index in [2.05, 4.69) is 4.98 Å². The predicted octanol–water partition coefficient (Wildman–Crippen LogP) is 1.38. The fraction of sp³-hybridized carbons (Fsp3) is 0.727. The van der Waals surface area contributed by atoms with Crippen LogP contribution in [0.4, 0.5) is 0 Å². The Morgan fingerprint density at radius 2 is 2.13 bits per heavy atom. The number of ether oxygens (including phenoxy) is 1. The highest BCUT2D eigenvalue weighted by molar-refractivity contribution is 5.14. The highest BCUT2D eigenvalue weighted by Crippen LogP contribution is 2.28. The molecule has 4 nitrogen and oxygen atoms in total. The van der Waals surface area contributed by atoms with E-state index in [0.717, 1.165) is 49.8 Å². The first-order valence-corrected chi connectivity index (χ1v) is 5.55. The summed E-state index contributed by atoms with van der Waals surface area (Å²) in [5, 5.41) is 0. The molecule has 1 aromatic heterocycles. The smallest absolute Gasteiger partial charge is 0.195 e. The van der Waals surface area contributed by atoms with E-state index in [0.29, 0.717) is 12.5 Å². The number of rotatable bonds is 3. The summed E-state index contributed by atoms with van der Waals surface area (Å²) in [7, 11) is 0. The molecule has 1 aliphatic rings. The Morgan fingerprint density at radius 1 is 1.40 bits per heavy atom. The van der Waals surface area contributed by atoms with Crippen LogP contribution in [0.1, 0.15) is 36.1 Å². The molecule has 15 heavy (non-hydrogen) atoms. The van der Waals surface area contributed by atoms with Gasteiger partial charge in [0, 0.05) is 32.1 Å². The zero-order valence-electron chi connectivity index (χ0n) is 9.16. The maximum absolute atomic E-state index is 5.58. The van der Waals surface area contributed by atoms with Crippen molar-refractivity contribution in [2.75, 3.05) is 19.8 Å². The van der Waals surface area contributed by atoms with E-state index >= 15 is 0 Å². The van der Waals surface area contributed by atoms with E-state index in [1.165, 1.54) is 0 Å². The van der Waals surface area contributed by atoms with Crippen LogP contribution in [0, 0.1) is 6.92 Å². The molecule has 0 saturated carbocycles. The second-order valence-corrected chi connectivity index (χ2v) is 3.97. The van der Waals surface area contributed by atoms with Crippen molar-refractivity contribution in [1.29, 1.82) is 0 Å². The lowest BCUT2D eigenvalue weighted by Crippen LogP contribution is -2.15. The lowest BCUT2D eigenvalue weighted by Gasteiger charge is -2.20. The number of aromatic nitrogens is 1. The fourth-order valence-corrected chi connectivity index (χ4v) is 2.05. The third-order valence-electron chi connectivity index (χ3n) is 2.84. The minimum atomic E-state index is 0.508.